The summed E-state index contributed by atoms with van der Waals surface area (Å²) in [5, 5.41) is 9.44. The molecule has 1 aliphatic heterocycles. The van der Waals surface area contributed by atoms with Crippen molar-refractivity contribution in [2.45, 2.75) is 43.4 Å². The van der Waals surface area contributed by atoms with Gasteiger partial charge in [0.05, 0.1) is 5.56 Å². The highest BCUT2D eigenvalue weighted by Crippen LogP contribution is 2.64. The molecule has 2 aromatic heterocycles. The minimum absolute atomic E-state index is 0.0727. The third-order valence-corrected chi connectivity index (χ3v) is 8.47. The second kappa shape index (κ2) is 9.63. The van der Waals surface area contributed by atoms with E-state index in [1.165, 1.54) is 19.1 Å². The van der Waals surface area contributed by atoms with Crippen molar-refractivity contribution in [2.24, 2.45) is 12.5 Å². The molecule has 3 aromatic rings. The smallest absolute Gasteiger partial charge is 0.305 e. The lowest BCUT2D eigenvalue weighted by molar-refractivity contribution is -0.137. The quantitative estimate of drug-likeness (QED) is 0.226. The van der Waals surface area contributed by atoms with Gasteiger partial charge in [-0.05, 0) is 73.5 Å². The van der Waals surface area contributed by atoms with Gasteiger partial charge in [0.25, 0.3) is 0 Å². The molecule has 190 valence electrons. The van der Waals surface area contributed by atoms with E-state index in [2.05, 4.69) is 20.1 Å². The summed E-state index contributed by atoms with van der Waals surface area (Å²) in [6.07, 6.45) is 0.549. The van der Waals surface area contributed by atoms with E-state index >= 15 is 0 Å². The van der Waals surface area contributed by atoms with E-state index in [1.54, 1.807) is 36.2 Å². The molecule has 1 spiro atoms. The van der Waals surface area contributed by atoms with Crippen LogP contribution in [0.5, 0.6) is 0 Å². The van der Waals surface area contributed by atoms with Crippen LogP contribution in [0, 0.1) is 5.41 Å². The molecule has 2 atom stereocenters. The highest BCUT2D eigenvalue weighted by molar-refractivity contribution is 7.99. The minimum atomic E-state index is -4.28. The minimum Gasteiger partial charge on any atom is -0.305 e. The van der Waals surface area contributed by atoms with Gasteiger partial charge >= 0.3 is 6.18 Å². The largest absolute Gasteiger partial charge is 0.416 e. The molecule has 2 fully saturated rings. The molecular formula is C26H28F3N5OS. The molecule has 0 bridgehead atoms. The second-order valence-corrected chi connectivity index (χ2v) is 10.9. The van der Waals surface area contributed by atoms with Gasteiger partial charge in [0.2, 0.25) is 0 Å². The SMILES string of the molecule is CC(=O)c1ccc(-c2nnc(SCCCN3CC[C@]4(C[C@@H]4c4ccc(C(F)(F)F)cc4)C3)n2C)cn1. The van der Waals surface area contributed by atoms with E-state index in [-0.39, 0.29) is 11.2 Å². The van der Waals surface area contributed by atoms with E-state index in [0.29, 0.717) is 17.4 Å². The predicted octanol–water partition coefficient (Wildman–Crippen LogP) is 5.46. The first kappa shape index (κ1) is 25.0. The van der Waals surface area contributed by atoms with Gasteiger partial charge in [-0.25, -0.2) is 0 Å². The maximum atomic E-state index is 12.8. The molecule has 1 saturated heterocycles. The van der Waals surface area contributed by atoms with Crippen molar-refractivity contribution in [2.75, 3.05) is 25.4 Å². The van der Waals surface area contributed by atoms with Crippen LogP contribution in [0.15, 0.2) is 47.8 Å². The predicted molar refractivity (Wildman–Crippen MR) is 132 cm³/mol. The first-order valence-corrected chi connectivity index (χ1v) is 13.0. The van der Waals surface area contributed by atoms with Crippen LogP contribution in [0.25, 0.3) is 11.4 Å². The van der Waals surface area contributed by atoms with Crippen LogP contribution in [0.2, 0.25) is 0 Å². The number of likely N-dealkylation sites (tertiary alicyclic amines) is 1. The molecule has 5 rings (SSSR count). The van der Waals surface area contributed by atoms with Gasteiger partial charge in [0, 0.05) is 38.0 Å². The Balaban J connectivity index is 1.09. The summed E-state index contributed by atoms with van der Waals surface area (Å²) in [6, 6.07) is 9.27. The highest BCUT2D eigenvalue weighted by Gasteiger charge is 2.57. The Bertz CT molecular complexity index is 1240. The fraction of sp³-hybridized carbons (Fsp3) is 0.462. The molecule has 1 saturated carbocycles. The van der Waals surface area contributed by atoms with Gasteiger partial charge in [-0.2, -0.15) is 13.2 Å². The van der Waals surface area contributed by atoms with Crippen LogP contribution in [0.3, 0.4) is 0 Å². The standard InChI is InChI=1S/C26H28F3N5OS/c1-17(35)22-9-6-19(15-30-22)23-31-32-24(33(23)2)36-13-3-11-34-12-10-25(16-34)14-21(25)18-4-7-20(8-5-18)26(27,28)29/h4-9,15,21H,3,10-14,16H2,1-2H3/t21-,25+/m1/s1. The van der Waals surface area contributed by atoms with Gasteiger partial charge in [0.15, 0.2) is 16.8 Å². The van der Waals surface area contributed by atoms with Crippen molar-refractivity contribution in [1.29, 1.82) is 0 Å². The third-order valence-electron chi connectivity index (χ3n) is 7.36. The van der Waals surface area contributed by atoms with E-state index in [1.807, 2.05) is 17.7 Å². The zero-order valence-corrected chi connectivity index (χ0v) is 21.1. The summed E-state index contributed by atoms with van der Waals surface area (Å²) in [6.45, 7) is 4.54. The Kier molecular flexibility index (Phi) is 6.67. The van der Waals surface area contributed by atoms with Gasteiger partial charge in [0.1, 0.15) is 5.69 Å². The van der Waals surface area contributed by atoms with Crippen molar-refractivity contribution in [1.82, 2.24) is 24.6 Å². The second-order valence-electron chi connectivity index (χ2n) is 9.82. The lowest BCUT2D eigenvalue weighted by Crippen LogP contribution is -2.23. The molecule has 0 unspecified atom stereocenters. The van der Waals surface area contributed by atoms with Gasteiger partial charge in [-0.1, -0.05) is 23.9 Å². The summed E-state index contributed by atoms with van der Waals surface area (Å²) in [4.78, 5) is 18.1. The number of carbonyl (C=O) groups excluding carboxylic acids is 1. The van der Waals surface area contributed by atoms with Crippen molar-refractivity contribution in [3.8, 4) is 11.4 Å². The molecule has 0 radical (unpaired) electrons. The van der Waals surface area contributed by atoms with Crippen molar-refractivity contribution in [3.05, 3.63) is 59.4 Å². The number of aromatic nitrogens is 4. The maximum absolute atomic E-state index is 12.8. The summed E-state index contributed by atoms with van der Waals surface area (Å²) in [5.74, 6) is 1.93. The highest BCUT2D eigenvalue weighted by atomic mass is 32.2. The lowest BCUT2D eigenvalue weighted by atomic mass is 9.97. The zero-order chi connectivity index (χ0) is 25.5. The zero-order valence-electron chi connectivity index (χ0n) is 20.3. The molecule has 0 amide bonds. The van der Waals surface area contributed by atoms with Crippen LogP contribution in [0.4, 0.5) is 13.2 Å². The number of thioether (sulfide) groups is 1. The Labute approximate surface area is 212 Å². The molecule has 6 nitrogen and oxygen atoms in total. The Morgan fingerprint density at radius 2 is 1.94 bits per heavy atom. The van der Waals surface area contributed by atoms with Gasteiger partial charge in [-0.15, -0.1) is 10.2 Å². The summed E-state index contributed by atoms with van der Waals surface area (Å²) >= 11 is 1.67. The number of ketones is 1. The summed E-state index contributed by atoms with van der Waals surface area (Å²) in [7, 11) is 1.93. The average molecular weight is 516 g/mol. The lowest BCUT2D eigenvalue weighted by Gasteiger charge is -2.16. The van der Waals surface area contributed by atoms with Crippen LogP contribution in [-0.4, -0.2) is 55.8 Å². The fourth-order valence-corrected chi connectivity index (χ4v) is 6.06. The molecule has 1 aliphatic carbocycles. The third kappa shape index (κ3) is 5.06. The summed E-state index contributed by atoms with van der Waals surface area (Å²) < 4.78 is 40.5. The fourth-order valence-electron chi connectivity index (χ4n) is 5.23. The molecule has 10 heteroatoms. The monoisotopic (exact) mass is 515 g/mol. The number of Topliss-reactive ketones (excluding diaryl/α,β-unsaturated/α-hetero) is 1. The van der Waals surface area contributed by atoms with E-state index in [4.69, 9.17) is 0 Å². The van der Waals surface area contributed by atoms with Crippen LogP contribution < -0.4 is 0 Å². The van der Waals surface area contributed by atoms with E-state index in [9.17, 15) is 18.0 Å². The molecule has 3 heterocycles. The number of alkyl halides is 3. The first-order valence-electron chi connectivity index (χ1n) is 12.1. The number of hydrogen-bond acceptors (Lipinski definition) is 6. The van der Waals surface area contributed by atoms with Gasteiger partial charge in [-0.3, -0.25) is 9.78 Å². The maximum Gasteiger partial charge on any atom is 0.416 e. The Morgan fingerprint density at radius 1 is 1.17 bits per heavy atom. The van der Waals surface area contributed by atoms with E-state index < -0.39 is 11.7 Å². The molecule has 0 N–H and O–H groups in total. The van der Waals surface area contributed by atoms with Crippen molar-refractivity contribution in [3.63, 3.8) is 0 Å². The number of halogens is 3. The normalized spacial score (nSPS) is 21.9. The molecule has 36 heavy (non-hydrogen) atoms. The van der Waals surface area contributed by atoms with E-state index in [0.717, 1.165) is 60.9 Å². The molecular weight excluding hydrogens is 487 g/mol. The van der Waals surface area contributed by atoms with Crippen LogP contribution in [-0.2, 0) is 13.2 Å². The van der Waals surface area contributed by atoms with Crippen LogP contribution >= 0.6 is 11.8 Å². The number of rotatable bonds is 8. The summed E-state index contributed by atoms with van der Waals surface area (Å²) in [5.41, 5.74) is 1.93. The molecule has 2 aliphatic rings. The topological polar surface area (TPSA) is 63.9 Å². The van der Waals surface area contributed by atoms with Crippen molar-refractivity contribution < 1.29 is 18.0 Å². The van der Waals surface area contributed by atoms with Gasteiger partial charge < -0.3 is 9.47 Å². The molecule has 1 aromatic carbocycles. The first-order chi connectivity index (χ1) is 17.2. The number of nitrogens with zero attached hydrogens (tertiary/aromatic N) is 5. The Hall–Kier alpha value is -2.72. The number of benzene rings is 1. The van der Waals surface area contributed by atoms with Crippen LogP contribution in [0.1, 0.15) is 53.7 Å². The average Bonchev–Trinajstić information content (AvgIpc) is 3.20. The Morgan fingerprint density at radius 3 is 2.61 bits per heavy atom. The number of pyridine rings is 1. The van der Waals surface area contributed by atoms with Crippen molar-refractivity contribution >= 4 is 17.5 Å². The number of hydrogen-bond donors (Lipinski definition) is 0. The number of carbonyl (C=O) groups is 1.